The van der Waals surface area contributed by atoms with E-state index in [1.165, 1.54) is 12.7 Å². The van der Waals surface area contributed by atoms with E-state index in [1.54, 1.807) is 0 Å². The van der Waals surface area contributed by atoms with E-state index in [4.69, 9.17) is 0 Å². The zero-order valence-corrected chi connectivity index (χ0v) is 12.8. The van der Waals surface area contributed by atoms with Crippen LogP contribution in [0.3, 0.4) is 0 Å². The third-order valence-corrected chi connectivity index (χ3v) is 4.70. The van der Waals surface area contributed by atoms with Crippen molar-refractivity contribution in [1.29, 1.82) is 0 Å². The van der Waals surface area contributed by atoms with Gasteiger partial charge in [0.05, 0.1) is 5.75 Å². The van der Waals surface area contributed by atoms with Crippen LogP contribution in [0.15, 0.2) is 0 Å². The fourth-order valence-corrected chi connectivity index (χ4v) is 3.21. The lowest BCUT2D eigenvalue weighted by molar-refractivity contribution is 0.141. The van der Waals surface area contributed by atoms with Crippen LogP contribution in [0.1, 0.15) is 33.1 Å². The molecule has 0 saturated carbocycles. The second kappa shape index (κ2) is 7.46. The van der Waals surface area contributed by atoms with E-state index in [0.29, 0.717) is 18.5 Å². The van der Waals surface area contributed by atoms with Gasteiger partial charge in [-0.3, -0.25) is 0 Å². The van der Waals surface area contributed by atoms with Gasteiger partial charge in [-0.1, -0.05) is 20.3 Å². The number of rotatable bonds is 7. The molecule has 2 atom stereocenters. The molecule has 1 aliphatic rings. The Morgan fingerprint density at radius 2 is 2.06 bits per heavy atom. The Balaban J connectivity index is 2.40. The summed E-state index contributed by atoms with van der Waals surface area (Å²) >= 11 is 0. The smallest absolute Gasteiger partial charge is 0.148 e. The molecule has 1 N–H and O–H groups in total. The average molecular weight is 276 g/mol. The molecule has 0 aromatic carbocycles. The Bertz CT molecular complexity index is 330. The van der Waals surface area contributed by atoms with E-state index in [-0.39, 0.29) is 5.75 Å². The van der Waals surface area contributed by atoms with Crippen LogP contribution in [0.2, 0.25) is 0 Å². The number of nitrogens with zero attached hydrogens (tertiary/aromatic N) is 1. The first-order chi connectivity index (χ1) is 8.46. The molecule has 0 aromatic rings. The summed E-state index contributed by atoms with van der Waals surface area (Å²) in [5, 5.41) is 3.62. The molecule has 1 rings (SSSR count). The second-order valence-corrected chi connectivity index (χ2v) is 7.71. The van der Waals surface area contributed by atoms with E-state index >= 15 is 0 Å². The Hall–Kier alpha value is -0.130. The molecule has 0 amide bonds. The molecule has 1 aliphatic heterocycles. The molecular formula is C13H28N2O2S. The number of hydrogen-bond donors (Lipinski definition) is 1. The molecular weight excluding hydrogens is 248 g/mol. The lowest BCUT2D eigenvalue weighted by atomic mass is 9.90. The summed E-state index contributed by atoms with van der Waals surface area (Å²) in [5.41, 5.74) is 0. The fraction of sp³-hybridized carbons (Fsp3) is 1.00. The van der Waals surface area contributed by atoms with Crippen LogP contribution in [-0.4, -0.2) is 57.5 Å². The molecule has 0 radical (unpaired) electrons. The van der Waals surface area contributed by atoms with Gasteiger partial charge in [-0.2, -0.15) is 0 Å². The van der Waals surface area contributed by atoms with Gasteiger partial charge >= 0.3 is 0 Å². The quantitative estimate of drug-likeness (QED) is 0.757. The summed E-state index contributed by atoms with van der Waals surface area (Å²) in [6, 6.07) is 0.615. The predicted octanol–water partition coefficient (Wildman–Crippen LogP) is 1.13. The highest BCUT2D eigenvalue weighted by molar-refractivity contribution is 7.90. The van der Waals surface area contributed by atoms with Crippen molar-refractivity contribution in [2.75, 3.05) is 38.2 Å². The summed E-state index contributed by atoms with van der Waals surface area (Å²) in [7, 11) is -2.83. The third kappa shape index (κ3) is 5.67. The minimum atomic E-state index is -2.83. The molecule has 108 valence electrons. The van der Waals surface area contributed by atoms with Gasteiger partial charge in [0, 0.05) is 25.4 Å². The summed E-state index contributed by atoms with van der Waals surface area (Å²) in [6.07, 6.45) is 4.80. The van der Waals surface area contributed by atoms with Crippen molar-refractivity contribution in [3.05, 3.63) is 0 Å². The monoisotopic (exact) mass is 276 g/mol. The van der Waals surface area contributed by atoms with Gasteiger partial charge in [0.15, 0.2) is 0 Å². The van der Waals surface area contributed by atoms with E-state index in [9.17, 15) is 8.42 Å². The topological polar surface area (TPSA) is 49.4 Å². The fourth-order valence-electron chi connectivity index (χ4n) is 2.62. The van der Waals surface area contributed by atoms with E-state index in [0.717, 1.165) is 32.5 Å². The van der Waals surface area contributed by atoms with E-state index in [2.05, 4.69) is 24.1 Å². The van der Waals surface area contributed by atoms with Gasteiger partial charge in [0.1, 0.15) is 9.84 Å². The van der Waals surface area contributed by atoms with Crippen molar-refractivity contribution in [3.8, 4) is 0 Å². The molecule has 2 unspecified atom stereocenters. The highest BCUT2D eigenvalue weighted by atomic mass is 32.2. The van der Waals surface area contributed by atoms with Gasteiger partial charge in [0.25, 0.3) is 0 Å². The normalized spacial score (nSPS) is 26.4. The van der Waals surface area contributed by atoms with Crippen molar-refractivity contribution < 1.29 is 8.42 Å². The van der Waals surface area contributed by atoms with Gasteiger partial charge in [-0.15, -0.1) is 0 Å². The summed E-state index contributed by atoms with van der Waals surface area (Å²) in [4.78, 5) is 2.30. The zero-order chi connectivity index (χ0) is 13.6. The van der Waals surface area contributed by atoms with Gasteiger partial charge in [0.2, 0.25) is 0 Å². The molecule has 1 fully saturated rings. The maximum Gasteiger partial charge on any atom is 0.148 e. The number of sulfone groups is 1. The number of nitrogens with one attached hydrogen (secondary N) is 1. The van der Waals surface area contributed by atoms with Crippen LogP contribution in [0.25, 0.3) is 0 Å². The number of hydrogen-bond acceptors (Lipinski definition) is 4. The molecule has 1 saturated heterocycles. The van der Waals surface area contributed by atoms with Crippen LogP contribution in [0.4, 0.5) is 0 Å². The molecule has 4 nitrogen and oxygen atoms in total. The largest absolute Gasteiger partial charge is 0.314 e. The van der Waals surface area contributed by atoms with Crippen LogP contribution >= 0.6 is 0 Å². The maximum atomic E-state index is 11.2. The minimum absolute atomic E-state index is 0.288. The maximum absolute atomic E-state index is 11.2. The van der Waals surface area contributed by atoms with Crippen molar-refractivity contribution >= 4 is 9.84 Å². The first-order valence-electron chi connectivity index (χ1n) is 7.09. The summed E-state index contributed by atoms with van der Waals surface area (Å²) in [5.74, 6) is 0.945. The predicted molar refractivity (Wildman–Crippen MR) is 76.6 cm³/mol. The number of piperidine rings is 1. The van der Waals surface area contributed by atoms with Crippen molar-refractivity contribution in [3.63, 3.8) is 0 Å². The van der Waals surface area contributed by atoms with E-state index in [1.807, 2.05) is 0 Å². The van der Waals surface area contributed by atoms with Gasteiger partial charge < -0.3 is 10.2 Å². The first-order valence-corrected chi connectivity index (χ1v) is 9.15. The molecule has 0 bridgehead atoms. The van der Waals surface area contributed by atoms with Crippen LogP contribution in [0.5, 0.6) is 0 Å². The summed E-state index contributed by atoms with van der Waals surface area (Å²) < 4.78 is 22.4. The average Bonchev–Trinajstić information content (AvgIpc) is 2.33. The lowest BCUT2D eigenvalue weighted by Crippen LogP contribution is -2.50. The standard InChI is InChI=1S/C13H28N2O2S/c1-4-7-14-13-6-8-15(11-12(13)5-2)9-10-18(3,16)17/h12-14H,4-11H2,1-3H3. The Kier molecular flexibility index (Phi) is 6.60. The highest BCUT2D eigenvalue weighted by Crippen LogP contribution is 2.20. The highest BCUT2D eigenvalue weighted by Gasteiger charge is 2.27. The van der Waals surface area contributed by atoms with Crippen molar-refractivity contribution in [2.24, 2.45) is 5.92 Å². The molecule has 18 heavy (non-hydrogen) atoms. The SMILES string of the molecule is CCCNC1CCN(CCS(C)(=O)=O)CC1CC. The van der Waals surface area contributed by atoms with Gasteiger partial charge in [-0.05, 0) is 31.8 Å². The Morgan fingerprint density at radius 3 is 2.61 bits per heavy atom. The Morgan fingerprint density at radius 1 is 1.33 bits per heavy atom. The van der Waals surface area contributed by atoms with Crippen LogP contribution in [-0.2, 0) is 9.84 Å². The molecule has 0 aromatic heterocycles. The molecule has 5 heteroatoms. The van der Waals surface area contributed by atoms with Crippen LogP contribution in [0, 0.1) is 5.92 Å². The summed E-state index contributed by atoms with van der Waals surface area (Å²) in [6.45, 7) is 8.25. The van der Waals surface area contributed by atoms with Gasteiger partial charge in [-0.25, -0.2) is 8.42 Å². The molecule has 0 spiro atoms. The minimum Gasteiger partial charge on any atom is -0.314 e. The second-order valence-electron chi connectivity index (χ2n) is 5.45. The molecule has 0 aliphatic carbocycles. The number of likely N-dealkylation sites (tertiary alicyclic amines) is 1. The van der Waals surface area contributed by atoms with Crippen LogP contribution < -0.4 is 5.32 Å². The third-order valence-electron chi connectivity index (χ3n) is 3.78. The first kappa shape index (κ1) is 15.9. The zero-order valence-electron chi connectivity index (χ0n) is 12.0. The molecule has 1 heterocycles. The van der Waals surface area contributed by atoms with Crippen molar-refractivity contribution in [2.45, 2.75) is 39.2 Å². The van der Waals surface area contributed by atoms with E-state index < -0.39 is 9.84 Å². The van der Waals surface area contributed by atoms with Crippen molar-refractivity contribution in [1.82, 2.24) is 10.2 Å². The Labute approximate surface area is 112 Å². The lowest BCUT2D eigenvalue weighted by Gasteiger charge is -2.38.